The third kappa shape index (κ3) is 8.99. The molecule has 1 aromatic carbocycles. The number of ether oxygens (including phenoxy) is 2. The molecule has 0 fully saturated rings. The number of carbonyl (C=O) groups is 2. The van der Waals surface area contributed by atoms with E-state index in [9.17, 15) is 14.7 Å². The van der Waals surface area contributed by atoms with Crippen molar-refractivity contribution in [2.24, 2.45) is 5.92 Å². The molecule has 0 aromatic heterocycles. The van der Waals surface area contributed by atoms with Crippen molar-refractivity contribution >= 4 is 11.9 Å². The first-order valence-electron chi connectivity index (χ1n) is 9.55. The predicted molar refractivity (Wildman–Crippen MR) is 101 cm³/mol. The Bertz CT molecular complexity index is 528. The topological polar surface area (TPSA) is 72.8 Å². The number of esters is 2. The first-order valence-corrected chi connectivity index (χ1v) is 9.55. The Labute approximate surface area is 156 Å². The molecule has 146 valence electrons. The molecule has 0 amide bonds. The van der Waals surface area contributed by atoms with E-state index in [-0.39, 0.29) is 24.0 Å². The van der Waals surface area contributed by atoms with Gasteiger partial charge in [0.25, 0.3) is 0 Å². The lowest BCUT2D eigenvalue weighted by molar-refractivity contribution is -0.144. The summed E-state index contributed by atoms with van der Waals surface area (Å²) < 4.78 is 10.6. The van der Waals surface area contributed by atoms with Crippen LogP contribution in [-0.2, 0) is 14.3 Å². The molecule has 5 heteroatoms. The maximum absolute atomic E-state index is 12.2. The highest BCUT2D eigenvalue weighted by atomic mass is 16.5. The molecule has 0 bridgehead atoms. The maximum Gasteiger partial charge on any atom is 0.338 e. The highest BCUT2D eigenvalue weighted by Crippen LogP contribution is 2.19. The van der Waals surface area contributed by atoms with Crippen LogP contribution in [0.5, 0.6) is 0 Å². The van der Waals surface area contributed by atoms with Gasteiger partial charge in [-0.2, -0.15) is 0 Å². The number of benzene rings is 1. The van der Waals surface area contributed by atoms with Gasteiger partial charge < -0.3 is 14.6 Å². The molecular weight excluding hydrogens is 332 g/mol. The van der Waals surface area contributed by atoms with Gasteiger partial charge in [-0.1, -0.05) is 45.4 Å². The second-order valence-electron chi connectivity index (χ2n) is 6.84. The SMILES string of the molecule is CCCOC(=O)C[C@@H](C)C[C@H](O)C[C@H](CCC)OC(=O)c1ccccc1. The van der Waals surface area contributed by atoms with Crippen LogP contribution in [0.4, 0.5) is 0 Å². The normalized spacial score (nSPS) is 14.3. The molecule has 3 atom stereocenters. The summed E-state index contributed by atoms with van der Waals surface area (Å²) in [5, 5.41) is 10.3. The van der Waals surface area contributed by atoms with Crippen LogP contribution in [0.3, 0.4) is 0 Å². The van der Waals surface area contributed by atoms with Crippen LogP contribution in [0.25, 0.3) is 0 Å². The number of aliphatic hydroxyl groups excluding tert-OH is 1. The van der Waals surface area contributed by atoms with Gasteiger partial charge in [0.2, 0.25) is 0 Å². The van der Waals surface area contributed by atoms with E-state index >= 15 is 0 Å². The monoisotopic (exact) mass is 364 g/mol. The second kappa shape index (κ2) is 12.5. The van der Waals surface area contributed by atoms with Gasteiger partial charge in [-0.25, -0.2) is 4.79 Å². The van der Waals surface area contributed by atoms with Crippen molar-refractivity contribution < 1.29 is 24.2 Å². The molecule has 0 unspecified atom stereocenters. The summed E-state index contributed by atoms with van der Waals surface area (Å²) >= 11 is 0. The molecule has 5 nitrogen and oxygen atoms in total. The van der Waals surface area contributed by atoms with Crippen molar-refractivity contribution in [3.63, 3.8) is 0 Å². The third-order valence-electron chi connectivity index (χ3n) is 4.09. The molecule has 0 aliphatic carbocycles. The summed E-state index contributed by atoms with van der Waals surface area (Å²) in [5.41, 5.74) is 0.509. The van der Waals surface area contributed by atoms with Crippen LogP contribution in [0, 0.1) is 5.92 Å². The van der Waals surface area contributed by atoms with Crippen LogP contribution < -0.4 is 0 Å². The fourth-order valence-electron chi connectivity index (χ4n) is 2.85. The lowest BCUT2D eigenvalue weighted by atomic mass is 9.96. The highest BCUT2D eigenvalue weighted by molar-refractivity contribution is 5.89. The van der Waals surface area contributed by atoms with Crippen molar-refractivity contribution in [3.05, 3.63) is 35.9 Å². The molecule has 1 N–H and O–H groups in total. The van der Waals surface area contributed by atoms with Gasteiger partial charge >= 0.3 is 11.9 Å². The molecule has 0 heterocycles. The number of hydrogen-bond donors (Lipinski definition) is 1. The number of carbonyl (C=O) groups excluding carboxylic acids is 2. The van der Waals surface area contributed by atoms with E-state index in [1.165, 1.54) is 0 Å². The van der Waals surface area contributed by atoms with E-state index < -0.39 is 6.10 Å². The molecule has 0 aliphatic heterocycles. The van der Waals surface area contributed by atoms with Crippen molar-refractivity contribution in [2.45, 2.75) is 71.5 Å². The largest absolute Gasteiger partial charge is 0.466 e. The zero-order chi connectivity index (χ0) is 19.4. The minimum atomic E-state index is -0.621. The Kier molecular flexibility index (Phi) is 10.6. The summed E-state index contributed by atoms with van der Waals surface area (Å²) in [7, 11) is 0. The lowest BCUT2D eigenvalue weighted by Crippen LogP contribution is -2.25. The van der Waals surface area contributed by atoms with Crippen LogP contribution in [0.1, 0.15) is 69.7 Å². The van der Waals surface area contributed by atoms with E-state index in [2.05, 4.69) is 0 Å². The van der Waals surface area contributed by atoms with Gasteiger partial charge in [-0.05, 0) is 37.3 Å². The Morgan fingerprint density at radius 1 is 1.08 bits per heavy atom. The van der Waals surface area contributed by atoms with Crippen LogP contribution in [-0.4, -0.2) is 35.9 Å². The quantitative estimate of drug-likeness (QED) is 0.565. The lowest BCUT2D eigenvalue weighted by Gasteiger charge is -2.22. The third-order valence-corrected chi connectivity index (χ3v) is 4.09. The Morgan fingerprint density at radius 2 is 1.77 bits per heavy atom. The smallest absolute Gasteiger partial charge is 0.338 e. The van der Waals surface area contributed by atoms with Gasteiger partial charge in [-0.3, -0.25) is 4.79 Å². The van der Waals surface area contributed by atoms with Crippen LogP contribution in [0.2, 0.25) is 0 Å². The van der Waals surface area contributed by atoms with Crippen molar-refractivity contribution in [2.75, 3.05) is 6.61 Å². The summed E-state index contributed by atoms with van der Waals surface area (Å²) in [6, 6.07) is 8.85. The molecule has 0 spiro atoms. The van der Waals surface area contributed by atoms with E-state index in [1.807, 2.05) is 26.8 Å². The summed E-state index contributed by atoms with van der Waals surface area (Å²) in [6.07, 6.45) is 2.55. The van der Waals surface area contributed by atoms with Crippen LogP contribution >= 0.6 is 0 Å². The first kappa shape index (κ1) is 22.2. The molecule has 0 radical (unpaired) electrons. The molecular formula is C21H32O5. The summed E-state index contributed by atoms with van der Waals surface area (Å²) in [5.74, 6) is -0.582. The molecule has 0 saturated carbocycles. The predicted octanol–water partition coefficient (Wildman–Crippen LogP) is 4.13. The van der Waals surface area contributed by atoms with E-state index in [4.69, 9.17) is 9.47 Å². The van der Waals surface area contributed by atoms with Gasteiger partial charge in [0.1, 0.15) is 6.10 Å². The minimum Gasteiger partial charge on any atom is -0.466 e. The number of rotatable bonds is 12. The van der Waals surface area contributed by atoms with Gasteiger partial charge in [-0.15, -0.1) is 0 Å². The minimum absolute atomic E-state index is 0.0152. The molecule has 0 saturated heterocycles. The van der Waals surface area contributed by atoms with E-state index in [1.54, 1.807) is 24.3 Å². The Morgan fingerprint density at radius 3 is 2.38 bits per heavy atom. The molecule has 1 rings (SSSR count). The maximum atomic E-state index is 12.2. The standard InChI is InChI=1S/C21H32O5/c1-4-9-19(26-21(24)17-10-7-6-8-11-17)15-18(22)13-16(3)14-20(23)25-12-5-2/h6-8,10-11,16,18-19,22H,4-5,9,12-15H2,1-3H3/t16-,18-,19-/m0/s1. The van der Waals surface area contributed by atoms with Crippen molar-refractivity contribution in [1.82, 2.24) is 0 Å². The first-order chi connectivity index (χ1) is 12.5. The van der Waals surface area contributed by atoms with Crippen molar-refractivity contribution in [3.8, 4) is 0 Å². The zero-order valence-electron chi connectivity index (χ0n) is 16.1. The fourth-order valence-corrected chi connectivity index (χ4v) is 2.85. The number of hydrogen-bond acceptors (Lipinski definition) is 5. The Balaban J connectivity index is 2.47. The molecule has 26 heavy (non-hydrogen) atoms. The number of aliphatic hydroxyl groups is 1. The average Bonchev–Trinajstić information content (AvgIpc) is 2.60. The van der Waals surface area contributed by atoms with Gasteiger partial charge in [0.05, 0.1) is 18.3 Å². The molecule has 1 aromatic rings. The second-order valence-corrected chi connectivity index (χ2v) is 6.84. The highest BCUT2D eigenvalue weighted by Gasteiger charge is 2.21. The summed E-state index contributed by atoms with van der Waals surface area (Å²) in [6.45, 7) is 6.32. The fraction of sp³-hybridized carbons (Fsp3) is 0.619. The Hall–Kier alpha value is -1.88. The van der Waals surface area contributed by atoms with Gasteiger partial charge in [0.15, 0.2) is 0 Å². The molecule has 0 aliphatic rings. The van der Waals surface area contributed by atoms with Crippen molar-refractivity contribution in [1.29, 1.82) is 0 Å². The van der Waals surface area contributed by atoms with Gasteiger partial charge in [0, 0.05) is 12.8 Å². The van der Waals surface area contributed by atoms with E-state index in [0.29, 0.717) is 37.9 Å². The zero-order valence-corrected chi connectivity index (χ0v) is 16.1. The van der Waals surface area contributed by atoms with Crippen LogP contribution in [0.15, 0.2) is 30.3 Å². The average molecular weight is 364 g/mol. The summed E-state index contributed by atoms with van der Waals surface area (Å²) in [4.78, 5) is 23.9. The van der Waals surface area contributed by atoms with E-state index in [0.717, 1.165) is 12.8 Å².